The molecule has 1 unspecified atom stereocenters. The molecule has 8 heteroatoms. The third-order valence-corrected chi connectivity index (χ3v) is 3.79. The Morgan fingerprint density at radius 3 is 2.71 bits per heavy atom. The Labute approximate surface area is 123 Å². The van der Waals surface area contributed by atoms with E-state index in [1.807, 2.05) is 0 Å². The van der Waals surface area contributed by atoms with Crippen molar-refractivity contribution in [2.75, 3.05) is 10.7 Å². The first-order valence-electron chi connectivity index (χ1n) is 7.03. The minimum absolute atomic E-state index is 0.327. The van der Waals surface area contributed by atoms with Gasteiger partial charge < -0.3 is 5.32 Å². The summed E-state index contributed by atoms with van der Waals surface area (Å²) in [6.07, 6.45) is 8.50. The van der Waals surface area contributed by atoms with Gasteiger partial charge in [0.25, 0.3) is 0 Å². The molecule has 1 fully saturated rings. The third kappa shape index (κ3) is 3.10. The average Bonchev–Trinajstić information content (AvgIpc) is 3.08. The molecule has 0 amide bonds. The largest absolute Gasteiger partial charge is 0.351 e. The smallest absolute Gasteiger partial charge is 0.243 e. The second-order valence-electron chi connectivity index (χ2n) is 6.15. The molecule has 0 bridgehead atoms. The van der Waals surface area contributed by atoms with Gasteiger partial charge in [0.1, 0.15) is 6.33 Å². The zero-order valence-corrected chi connectivity index (χ0v) is 12.2. The van der Waals surface area contributed by atoms with E-state index in [0.29, 0.717) is 29.3 Å². The van der Waals surface area contributed by atoms with E-state index >= 15 is 0 Å². The first kappa shape index (κ1) is 13.7. The summed E-state index contributed by atoms with van der Waals surface area (Å²) in [5.41, 5.74) is 2.84. The fraction of sp³-hybridized carbons (Fsp3) is 0.538. The van der Waals surface area contributed by atoms with Gasteiger partial charge in [0, 0.05) is 18.4 Å². The van der Waals surface area contributed by atoms with Crippen LogP contribution in [0.5, 0.6) is 0 Å². The number of rotatable bonds is 4. The number of nitrogens with one attached hydrogen (secondary N) is 2. The molecule has 4 N–H and O–H groups in total. The summed E-state index contributed by atoms with van der Waals surface area (Å²) in [4.78, 5) is 16.9. The van der Waals surface area contributed by atoms with Crippen molar-refractivity contribution in [3.05, 3.63) is 18.7 Å². The molecule has 0 saturated heterocycles. The summed E-state index contributed by atoms with van der Waals surface area (Å²) in [6, 6.07) is 0.378. The molecule has 1 aliphatic carbocycles. The highest BCUT2D eigenvalue weighted by atomic mass is 15.4. The van der Waals surface area contributed by atoms with Gasteiger partial charge in [-0.25, -0.2) is 10.8 Å². The number of aromatic nitrogens is 5. The van der Waals surface area contributed by atoms with Crippen molar-refractivity contribution in [1.82, 2.24) is 24.5 Å². The van der Waals surface area contributed by atoms with Gasteiger partial charge in [-0.15, -0.1) is 0 Å². The molecule has 8 nitrogen and oxygen atoms in total. The maximum Gasteiger partial charge on any atom is 0.243 e. The molecule has 112 valence electrons. The van der Waals surface area contributed by atoms with Crippen LogP contribution >= 0.6 is 0 Å². The predicted octanol–water partition coefficient (Wildman–Crippen LogP) is 1.33. The van der Waals surface area contributed by atoms with E-state index in [1.54, 1.807) is 23.3 Å². The molecule has 2 aromatic heterocycles. The second-order valence-corrected chi connectivity index (χ2v) is 6.15. The van der Waals surface area contributed by atoms with Crippen molar-refractivity contribution in [2.45, 2.75) is 39.2 Å². The van der Waals surface area contributed by atoms with E-state index in [1.165, 1.54) is 6.42 Å². The molecule has 0 aliphatic heterocycles. The standard InChI is InChI=1S/C13H20N8/c1-13(2)4-3-9(7-13)16-10-17-11(20-14)19-12(18-10)21-6-5-15-8-21/h5-6,8-9H,3-4,7,14H2,1-2H3,(H2,16,17,18,19,20). The Kier molecular flexibility index (Phi) is 3.46. The van der Waals surface area contributed by atoms with E-state index in [-0.39, 0.29) is 0 Å². The second kappa shape index (κ2) is 5.28. The van der Waals surface area contributed by atoms with Crippen LogP contribution in [0.3, 0.4) is 0 Å². The summed E-state index contributed by atoms with van der Waals surface area (Å²) in [6.45, 7) is 4.57. The summed E-state index contributed by atoms with van der Waals surface area (Å²) >= 11 is 0. The molecule has 1 saturated carbocycles. The van der Waals surface area contributed by atoms with Crippen molar-refractivity contribution in [1.29, 1.82) is 0 Å². The Hall–Kier alpha value is -2.22. The van der Waals surface area contributed by atoms with Crippen molar-refractivity contribution in [3.63, 3.8) is 0 Å². The maximum atomic E-state index is 5.44. The molecule has 3 rings (SSSR count). The van der Waals surface area contributed by atoms with Crippen molar-refractivity contribution < 1.29 is 0 Å². The Morgan fingerprint density at radius 2 is 2.10 bits per heavy atom. The van der Waals surface area contributed by atoms with Gasteiger partial charge >= 0.3 is 0 Å². The highest BCUT2D eigenvalue weighted by Gasteiger charge is 2.31. The summed E-state index contributed by atoms with van der Waals surface area (Å²) in [5.74, 6) is 6.78. The van der Waals surface area contributed by atoms with Gasteiger partial charge in [0.15, 0.2) is 0 Å². The topological polar surface area (TPSA) is 107 Å². The lowest BCUT2D eigenvalue weighted by Gasteiger charge is -2.18. The number of hydrogen-bond donors (Lipinski definition) is 3. The Morgan fingerprint density at radius 1 is 1.29 bits per heavy atom. The lowest BCUT2D eigenvalue weighted by molar-refractivity contribution is 0.378. The number of nitrogens with zero attached hydrogens (tertiary/aromatic N) is 5. The normalized spacial score (nSPS) is 20.4. The number of anilines is 2. The van der Waals surface area contributed by atoms with Crippen molar-refractivity contribution in [3.8, 4) is 5.95 Å². The van der Waals surface area contributed by atoms with Crippen LogP contribution in [0.1, 0.15) is 33.1 Å². The number of hydrogen-bond acceptors (Lipinski definition) is 7. The van der Waals surface area contributed by atoms with E-state index < -0.39 is 0 Å². The molecule has 0 aromatic carbocycles. The molecule has 2 heterocycles. The van der Waals surface area contributed by atoms with E-state index in [2.05, 4.69) is 44.5 Å². The molecular weight excluding hydrogens is 268 g/mol. The zero-order chi connectivity index (χ0) is 14.9. The fourth-order valence-corrected chi connectivity index (χ4v) is 2.73. The minimum Gasteiger partial charge on any atom is -0.351 e. The van der Waals surface area contributed by atoms with Gasteiger partial charge in [-0.1, -0.05) is 13.8 Å². The minimum atomic E-state index is 0.327. The number of imidazole rings is 1. The van der Waals surface area contributed by atoms with Gasteiger partial charge in [0.2, 0.25) is 17.8 Å². The fourth-order valence-electron chi connectivity index (χ4n) is 2.73. The van der Waals surface area contributed by atoms with Crippen LogP contribution < -0.4 is 16.6 Å². The van der Waals surface area contributed by atoms with Gasteiger partial charge in [-0.05, 0) is 24.7 Å². The van der Waals surface area contributed by atoms with Crippen LogP contribution in [0.15, 0.2) is 18.7 Å². The summed E-state index contributed by atoms with van der Waals surface area (Å²) < 4.78 is 1.71. The number of nitrogen functional groups attached to an aromatic ring is 1. The van der Waals surface area contributed by atoms with Crippen LogP contribution in [0, 0.1) is 5.41 Å². The van der Waals surface area contributed by atoms with E-state index in [0.717, 1.165) is 12.8 Å². The van der Waals surface area contributed by atoms with Gasteiger partial charge in [-0.2, -0.15) is 15.0 Å². The zero-order valence-electron chi connectivity index (χ0n) is 12.2. The van der Waals surface area contributed by atoms with Crippen LogP contribution in [0.4, 0.5) is 11.9 Å². The molecular formula is C13H20N8. The van der Waals surface area contributed by atoms with E-state index in [9.17, 15) is 0 Å². The molecule has 0 spiro atoms. The third-order valence-electron chi connectivity index (χ3n) is 3.79. The molecule has 21 heavy (non-hydrogen) atoms. The molecule has 1 atom stereocenters. The maximum absolute atomic E-state index is 5.44. The first-order valence-corrected chi connectivity index (χ1v) is 7.03. The predicted molar refractivity (Wildman–Crippen MR) is 79.8 cm³/mol. The Bertz CT molecular complexity index is 607. The van der Waals surface area contributed by atoms with Gasteiger partial charge in [0.05, 0.1) is 0 Å². The number of hydrazine groups is 1. The van der Waals surface area contributed by atoms with E-state index in [4.69, 9.17) is 5.84 Å². The van der Waals surface area contributed by atoms with Crippen LogP contribution in [-0.2, 0) is 0 Å². The highest BCUT2D eigenvalue weighted by Crippen LogP contribution is 2.37. The first-order chi connectivity index (χ1) is 10.1. The SMILES string of the molecule is CC1(C)CCC(Nc2nc(NN)nc(-n3ccnc3)n2)C1. The van der Waals surface area contributed by atoms with Crippen LogP contribution in [-0.4, -0.2) is 30.5 Å². The average molecular weight is 288 g/mol. The van der Waals surface area contributed by atoms with Crippen molar-refractivity contribution in [2.24, 2.45) is 11.3 Å². The summed E-state index contributed by atoms with van der Waals surface area (Å²) in [5, 5.41) is 3.38. The van der Waals surface area contributed by atoms with Crippen LogP contribution in [0.2, 0.25) is 0 Å². The van der Waals surface area contributed by atoms with Crippen molar-refractivity contribution >= 4 is 11.9 Å². The summed E-state index contributed by atoms with van der Waals surface area (Å²) in [7, 11) is 0. The molecule has 0 radical (unpaired) electrons. The quantitative estimate of drug-likeness (QED) is 0.575. The van der Waals surface area contributed by atoms with Gasteiger partial charge in [-0.3, -0.25) is 9.99 Å². The lowest BCUT2D eigenvalue weighted by atomic mass is 9.92. The monoisotopic (exact) mass is 288 g/mol. The molecule has 1 aliphatic rings. The van der Waals surface area contributed by atoms with Crippen LogP contribution in [0.25, 0.3) is 5.95 Å². The highest BCUT2D eigenvalue weighted by molar-refractivity contribution is 5.38. The Balaban J connectivity index is 1.83. The number of nitrogens with two attached hydrogens (primary N) is 1. The molecule has 2 aromatic rings. The lowest BCUT2D eigenvalue weighted by Crippen LogP contribution is -2.21.